The highest BCUT2D eigenvalue weighted by Gasteiger charge is 2.18. The third-order valence-corrected chi connectivity index (χ3v) is 5.68. The van der Waals surface area contributed by atoms with Crippen LogP contribution in [-0.2, 0) is 19.6 Å². The summed E-state index contributed by atoms with van der Waals surface area (Å²) in [7, 11) is 1.44. The highest BCUT2D eigenvalue weighted by molar-refractivity contribution is 5.98. The second-order valence-corrected chi connectivity index (χ2v) is 8.16. The minimum Gasteiger partial charge on any atom is -0.497 e. The van der Waals surface area contributed by atoms with E-state index in [9.17, 15) is 18.4 Å². The summed E-state index contributed by atoms with van der Waals surface area (Å²) in [5, 5.41) is 6.83. The number of amides is 1. The lowest BCUT2D eigenvalue weighted by molar-refractivity contribution is 0.0950. The van der Waals surface area contributed by atoms with E-state index in [0.717, 1.165) is 11.1 Å². The normalized spacial score (nSPS) is 11.0. The molecule has 186 valence electrons. The maximum atomic E-state index is 13.3. The molecule has 0 spiro atoms. The molecule has 4 rings (SSSR count). The van der Waals surface area contributed by atoms with E-state index in [2.05, 4.69) is 10.4 Å². The minimum absolute atomic E-state index is 0.0345. The van der Waals surface area contributed by atoms with Crippen LogP contribution >= 0.6 is 0 Å². The van der Waals surface area contributed by atoms with Crippen molar-refractivity contribution in [2.24, 2.45) is 0 Å². The first kappa shape index (κ1) is 24.6. The summed E-state index contributed by atoms with van der Waals surface area (Å²) in [6.45, 7) is 0.709. The number of anilines is 1. The number of nitrogens with zero attached hydrogens (tertiary/aromatic N) is 3. The molecule has 0 atom stereocenters. The molecule has 0 aliphatic carbocycles. The number of carbonyl (C=O) groups is 1. The second kappa shape index (κ2) is 10.9. The number of alkyl halides is 2. The number of methoxy groups -OCH3 is 1. The Hall–Kier alpha value is -4.47. The van der Waals surface area contributed by atoms with Crippen molar-refractivity contribution < 1.29 is 18.3 Å². The molecule has 0 saturated carbocycles. The van der Waals surface area contributed by atoms with Crippen LogP contribution < -0.4 is 21.3 Å². The molecule has 4 aromatic rings. The zero-order valence-corrected chi connectivity index (χ0v) is 19.5. The fraction of sp³-hybridized carbons (Fsp3) is 0.192. The Kier molecular flexibility index (Phi) is 7.43. The van der Waals surface area contributed by atoms with Gasteiger partial charge in [0.25, 0.3) is 17.9 Å². The first-order chi connectivity index (χ1) is 17.3. The van der Waals surface area contributed by atoms with Gasteiger partial charge in [-0.3, -0.25) is 14.3 Å². The smallest absolute Gasteiger partial charge is 0.264 e. The molecule has 36 heavy (non-hydrogen) atoms. The predicted molar refractivity (Wildman–Crippen MR) is 131 cm³/mol. The molecule has 0 radical (unpaired) electrons. The maximum absolute atomic E-state index is 13.3. The zero-order chi connectivity index (χ0) is 25.7. The van der Waals surface area contributed by atoms with E-state index in [0.29, 0.717) is 18.8 Å². The van der Waals surface area contributed by atoms with Crippen LogP contribution in [0.1, 0.15) is 39.0 Å². The van der Waals surface area contributed by atoms with Gasteiger partial charge in [0.05, 0.1) is 20.2 Å². The number of aromatic nitrogens is 3. The van der Waals surface area contributed by atoms with Crippen LogP contribution in [-0.4, -0.2) is 27.4 Å². The van der Waals surface area contributed by atoms with Crippen molar-refractivity contribution in [3.8, 4) is 5.75 Å². The summed E-state index contributed by atoms with van der Waals surface area (Å²) in [5.74, 6) is -0.0735. The summed E-state index contributed by atoms with van der Waals surface area (Å²) in [4.78, 5) is 24.6. The Morgan fingerprint density at radius 1 is 1.08 bits per heavy atom. The number of ether oxygens (including phenoxy) is 1. The highest BCUT2D eigenvalue weighted by atomic mass is 19.3. The van der Waals surface area contributed by atoms with Gasteiger partial charge in [-0.25, -0.2) is 8.78 Å². The van der Waals surface area contributed by atoms with Gasteiger partial charge in [0.15, 0.2) is 5.82 Å². The van der Waals surface area contributed by atoms with E-state index >= 15 is 0 Å². The monoisotopic (exact) mass is 493 g/mol. The third kappa shape index (κ3) is 5.77. The SMILES string of the molecule is COc1ccc(C(F)F)c(CNC(=O)c2cn(Cc3ccc(Cn4ccccc4=O)cc3)nc2N)c1. The van der Waals surface area contributed by atoms with Gasteiger partial charge in [0.1, 0.15) is 11.3 Å². The van der Waals surface area contributed by atoms with Gasteiger partial charge in [-0.05, 0) is 41.0 Å². The molecular weight excluding hydrogens is 468 g/mol. The third-order valence-electron chi connectivity index (χ3n) is 5.68. The summed E-state index contributed by atoms with van der Waals surface area (Å²) in [6, 6.07) is 16.9. The fourth-order valence-electron chi connectivity index (χ4n) is 3.76. The Balaban J connectivity index is 1.41. The van der Waals surface area contributed by atoms with E-state index < -0.39 is 12.3 Å². The van der Waals surface area contributed by atoms with Gasteiger partial charge in [-0.15, -0.1) is 0 Å². The Bertz CT molecular complexity index is 1410. The van der Waals surface area contributed by atoms with E-state index in [-0.39, 0.29) is 34.6 Å². The van der Waals surface area contributed by atoms with Gasteiger partial charge in [0.2, 0.25) is 0 Å². The van der Waals surface area contributed by atoms with Crippen LogP contribution in [0.2, 0.25) is 0 Å². The molecule has 3 N–H and O–H groups in total. The molecule has 1 amide bonds. The van der Waals surface area contributed by atoms with Gasteiger partial charge in [-0.2, -0.15) is 5.10 Å². The fourth-order valence-corrected chi connectivity index (χ4v) is 3.76. The van der Waals surface area contributed by atoms with Crippen molar-refractivity contribution >= 4 is 11.7 Å². The molecule has 0 aliphatic rings. The number of carbonyl (C=O) groups excluding carboxylic acids is 1. The van der Waals surface area contributed by atoms with Crippen molar-refractivity contribution in [1.29, 1.82) is 0 Å². The minimum atomic E-state index is -2.68. The van der Waals surface area contributed by atoms with E-state index in [1.807, 2.05) is 24.3 Å². The summed E-state index contributed by atoms with van der Waals surface area (Å²) >= 11 is 0. The molecule has 0 bridgehead atoms. The predicted octanol–water partition coefficient (Wildman–Crippen LogP) is 3.60. The average Bonchev–Trinajstić information content (AvgIpc) is 3.24. The molecule has 0 fully saturated rings. The number of hydrogen-bond acceptors (Lipinski definition) is 5. The number of benzene rings is 2. The summed E-state index contributed by atoms with van der Waals surface area (Å²) < 4.78 is 34.9. The molecule has 0 unspecified atom stereocenters. The molecule has 0 saturated heterocycles. The molecule has 2 heterocycles. The van der Waals surface area contributed by atoms with Crippen molar-refractivity contribution in [3.63, 3.8) is 0 Å². The van der Waals surface area contributed by atoms with Crippen LogP contribution in [0.15, 0.2) is 77.9 Å². The van der Waals surface area contributed by atoms with E-state index in [1.54, 1.807) is 22.9 Å². The summed E-state index contributed by atoms with van der Waals surface area (Å²) in [6.07, 6.45) is 0.565. The Morgan fingerprint density at radius 3 is 2.47 bits per heavy atom. The van der Waals surface area contributed by atoms with Gasteiger partial charge in [-0.1, -0.05) is 30.3 Å². The largest absolute Gasteiger partial charge is 0.497 e. The zero-order valence-electron chi connectivity index (χ0n) is 19.5. The molecule has 8 nitrogen and oxygen atoms in total. The van der Waals surface area contributed by atoms with Gasteiger partial charge in [0, 0.05) is 30.6 Å². The average molecular weight is 494 g/mol. The molecular formula is C26H25F2N5O3. The molecule has 10 heteroatoms. The molecule has 2 aromatic heterocycles. The lowest BCUT2D eigenvalue weighted by Crippen LogP contribution is -2.24. The topological polar surface area (TPSA) is 104 Å². The van der Waals surface area contributed by atoms with Crippen molar-refractivity contribution in [1.82, 2.24) is 19.7 Å². The van der Waals surface area contributed by atoms with Crippen molar-refractivity contribution in [3.05, 3.63) is 111 Å². The van der Waals surface area contributed by atoms with Crippen LogP contribution in [0.5, 0.6) is 5.75 Å². The number of hydrogen-bond donors (Lipinski definition) is 2. The number of halogens is 2. The molecule has 0 aliphatic heterocycles. The van der Waals surface area contributed by atoms with Gasteiger partial charge < -0.3 is 20.4 Å². The van der Waals surface area contributed by atoms with E-state index in [1.165, 1.54) is 42.3 Å². The Labute approximate surface area is 205 Å². The first-order valence-corrected chi connectivity index (χ1v) is 11.1. The lowest BCUT2D eigenvalue weighted by atomic mass is 10.1. The van der Waals surface area contributed by atoms with E-state index in [4.69, 9.17) is 10.5 Å². The lowest BCUT2D eigenvalue weighted by Gasteiger charge is -2.11. The van der Waals surface area contributed by atoms with Crippen molar-refractivity contribution in [2.45, 2.75) is 26.1 Å². The number of pyridine rings is 1. The number of nitrogen functional groups attached to an aromatic ring is 1. The van der Waals surface area contributed by atoms with Gasteiger partial charge >= 0.3 is 0 Å². The quantitative estimate of drug-likeness (QED) is 0.371. The number of nitrogens with two attached hydrogens (primary N) is 1. The van der Waals surface area contributed by atoms with Crippen LogP contribution in [0, 0.1) is 0 Å². The van der Waals surface area contributed by atoms with Crippen LogP contribution in [0.25, 0.3) is 0 Å². The van der Waals surface area contributed by atoms with Crippen LogP contribution in [0.3, 0.4) is 0 Å². The highest BCUT2D eigenvalue weighted by Crippen LogP contribution is 2.26. The first-order valence-electron chi connectivity index (χ1n) is 11.1. The molecule has 2 aromatic carbocycles. The number of rotatable bonds is 9. The number of nitrogens with one attached hydrogen (secondary N) is 1. The maximum Gasteiger partial charge on any atom is 0.264 e. The van der Waals surface area contributed by atoms with Crippen molar-refractivity contribution in [2.75, 3.05) is 12.8 Å². The standard InChI is InChI=1S/C26H25F2N5O3/c1-36-20-9-10-21(24(27)28)19(12-20)13-30-26(35)22-16-33(31-25(22)29)15-18-7-5-17(6-8-18)14-32-11-3-2-4-23(32)34/h2-12,16,24H,13-15H2,1H3,(H2,29,31)(H,30,35). The summed E-state index contributed by atoms with van der Waals surface area (Å²) in [5.41, 5.74) is 7.98. The Morgan fingerprint density at radius 2 is 1.81 bits per heavy atom. The van der Waals surface area contributed by atoms with Crippen LogP contribution in [0.4, 0.5) is 14.6 Å². The second-order valence-electron chi connectivity index (χ2n) is 8.16.